The van der Waals surface area contributed by atoms with E-state index >= 15 is 0 Å². The Hall–Kier alpha value is -1.58. The maximum Gasteiger partial charge on any atom is 0.294 e. The normalized spacial score (nSPS) is 16.2. The van der Waals surface area contributed by atoms with E-state index in [2.05, 4.69) is 38.6 Å². The molecule has 0 spiro atoms. The molecule has 0 aliphatic heterocycles. The van der Waals surface area contributed by atoms with Gasteiger partial charge in [-0.2, -0.15) is 0 Å². The summed E-state index contributed by atoms with van der Waals surface area (Å²) in [5, 5.41) is 9.49. The summed E-state index contributed by atoms with van der Waals surface area (Å²) in [7, 11) is 0. The average Bonchev–Trinajstić information content (AvgIpc) is 2.57. The molecule has 2 rings (SSSR count). The van der Waals surface area contributed by atoms with E-state index in [1.165, 1.54) is 27.8 Å². The monoisotopic (exact) mass is 263 g/mol. The van der Waals surface area contributed by atoms with Crippen molar-refractivity contribution in [2.45, 2.75) is 47.0 Å². The van der Waals surface area contributed by atoms with Crippen molar-refractivity contribution in [3.63, 3.8) is 0 Å². The van der Waals surface area contributed by atoms with Crippen molar-refractivity contribution in [2.75, 3.05) is 6.61 Å². The van der Waals surface area contributed by atoms with Gasteiger partial charge in [0.1, 0.15) is 6.61 Å². The molecule has 4 heteroatoms. The fourth-order valence-electron chi connectivity index (χ4n) is 3.22. The molecule has 0 saturated heterocycles. The summed E-state index contributed by atoms with van der Waals surface area (Å²) in [5.41, 5.74) is 6.94. The minimum Gasteiger partial charge on any atom is -0.314 e. The first-order valence-electron chi connectivity index (χ1n) is 6.68. The first-order chi connectivity index (χ1) is 8.80. The van der Waals surface area contributed by atoms with Gasteiger partial charge >= 0.3 is 0 Å². The van der Waals surface area contributed by atoms with Crippen LogP contribution < -0.4 is 0 Å². The highest BCUT2D eigenvalue weighted by Gasteiger charge is 2.30. The van der Waals surface area contributed by atoms with Crippen LogP contribution in [-0.4, -0.2) is 11.7 Å². The van der Waals surface area contributed by atoms with Crippen molar-refractivity contribution in [3.05, 3.63) is 44.0 Å². The van der Waals surface area contributed by atoms with E-state index in [1.807, 2.05) is 0 Å². The fourth-order valence-corrected chi connectivity index (χ4v) is 3.22. The Labute approximate surface area is 113 Å². The van der Waals surface area contributed by atoms with Crippen LogP contribution >= 0.6 is 0 Å². The van der Waals surface area contributed by atoms with Gasteiger partial charge in [0.2, 0.25) is 0 Å². The third-order valence-electron chi connectivity index (χ3n) is 4.03. The predicted octanol–water partition coefficient (Wildman–Crippen LogP) is 3.18. The van der Waals surface area contributed by atoms with Gasteiger partial charge in [-0.15, -0.1) is 10.1 Å². The molecule has 1 aliphatic carbocycles. The highest BCUT2D eigenvalue weighted by atomic mass is 16.9. The van der Waals surface area contributed by atoms with Gasteiger partial charge in [0.15, 0.2) is 0 Å². The number of hydrogen-bond acceptors (Lipinski definition) is 3. The van der Waals surface area contributed by atoms with Gasteiger partial charge in [-0.1, -0.05) is 19.9 Å². The summed E-state index contributed by atoms with van der Waals surface area (Å²) in [6, 6.07) is 2.25. The second kappa shape index (κ2) is 4.83. The summed E-state index contributed by atoms with van der Waals surface area (Å²) >= 11 is 0. The number of rotatable bonds is 4. The van der Waals surface area contributed by atoms with Crippen LogP contribution in [0, 0.1) is 29.4 Å². The van der Waals surface area contributed by atoms with E-state index in [1.54, 1.807) is 0 Å². The molecule has 0 N–H and O–H groups in total. The number of fused-ring (bicyclic) bond motifs is 1. The highest BCUT2D eigenvalue weighted by molar-refractivity contribution is 5.48. The molecule has 0 heterocycles. The van der Waals surface area contributed by atoms with Crippen molar-refractivity contribution in [3.8, 4) is 0 Å². The number of nitrogens with zero attached hydrogens (tertiary/aromatic N) is 1. The molecule has 0 saturated carbocycles. The van der Waals surface area contributed by atoms with Crippen molar-refractivity contribution >= 4 is 0 Å². The minimum atomic E-state index is -0.721. The topological polar surface area (TPSA) is 52.4 Å². The van der Waals surface area contributed by atoms with Crippen LogP contribution in [0.25, 0.3) is 0 Å². The molecule has 1 aromatic carbocycles. The zero-order valence-electron chi connectivity index (χ0n) is 12.1. The molecule has 1 aliphatic rings. The maximum absolute atomic E-state index is 10.2. The van der Waals surface area contributed by atoms with E-state index in [4.69, 9.17) is 0 Å². The van der Waals surface area contributed by atoms with Crippen LogP contribution in [0.2, 0.25) is 0 Å². The summed E-state index contributed by atoms with van der Waals surface area (Å²) < 4.78 is 0. The summed E-state index contributed by atoms with van der Waals surface area (Å²) in [5.74, 6) is 0. The summed E-state index contributed by atoms with van der Waals surface area (Å²) in [4.78, 5) is 14.7. The zero-order chi connectivity index (χ0) is 14.2. The van der Waals surface area contributed by atoms with Gasteiger partial charge in [-0.05, 0) is 66.3 Å². The molecular formula is C15H21NO3. The quantitative estimate of drug-likeness (QED) is 0.619. The Balaban J connectivity index is 2.25. The van der Waals surface area contributed by atoms with E-state index in [0.29, 0.717) is 11.8 Å². The largest absolute Gasteiger partial charge is 0.314 e. The lowest BCUT2D eigenvalue weighted by molar-refractivity contribution is -0.757. The van der Waals surface area contributed by atoms with Gasteiger partial charge in [0.25, 0.3) is 5.09 Å². The van der Waals surface area contributed by atoms with E-state index in [-0.39, 0.29) is 6.61 Å². The Morgan fingerprint density at radius 3 is 2.68 bits per heavy atom. The van der Waals surface area contributed by atoms with E-state index in [9.17, 15) is 10.1 Å². The molecule has 104 valence electrons. The fraction of sp³-hybridized carbons (Fsp3) is 0.600. The molecule has 19 heavy (non-hydrogen) atoms. The van der Waals surface area contributed by atoms with Gasteiger partial charge < -0.3 is 4.84 Å². The number of aryl methyl sites for hydroxylation is 1. The van der Waals surface area contributed by atoms with Crippen molar-refractivity contribution in [1.29, 1.82) is 0 Å². The van der Waals surface area contributed by atoms with E-state index in [0.717, 1.165) is 12.8 Å². The lowest BCUT2D eigenvalue weighted by Gasteiger charge is -2.16. The van der Waals surface area contributed by atoms with Crippen LogP contribution in [-0.2, 0) is 24.1 Å². The lowest BCUT2D eigenvalue weighted by atomic mass is 9.89. The third kappa shape index (κ3) is 2.88. The first kappa shape index (κ1) is 13.8. The summed E-state index contributed by atoms with van der Waals surface area (Å²) in [6.45, 7) is 8.93. The zero-order valence-corrected chi connectivity index (χ0v) is 12.1. The minimum absolute atomic E-state index is 0.136. The molecule has 0 radical (unpaired) electrons. The van der Waals surface area contributed by atoms with Crippen LogP contribution in [0.15, 0.2) is 6.07 Å². The van der Waals surface area contributed by atoms with Crippen LogP contribution in [0.3, 0.4) is 0 Å². The molecule has 4 nitrogen and oxygen atoms in total. The Morgan fingerprint density at radius 1 is 1.37 bits per heavy atom. The maximum atomic E-state index is 10.2. The molecule has 0 fully saturated rings. The summed E-state index contributed by atoms with van der Waals surface area (Å²) in [6.07, 6.45) is 2.82. The van der Waals surface area contributed by atoms with Crippen LogP contribution in [0.4, 0.5) is 0 Å². The SMILES string of the molecule is Cc1cc2c(c(C)c1CCO[N+](=O)[O-])CC(C)(C)C2. The molecule has 0 atom stereocenters. The van der Waals surface area contributed by atoms with Crippen LogP contribution in [0.1, 0.15) is 41.7 Å². The van der Waals surface area contributed by atoms with Gasteiger partial charge in [-0.3, -0.25) is 0 Å². The second-order valence-corrected chi connectivity index (χ2v) is 6.26. The Kier molecular flexibility index (Phi) is 3.52. The molecule has 0 unspecified atom stereocenters. The predicted molar refractivity (Wildman–Crippen MR) is 73.8 cm³/mol. The molecule has 0 aromatic heterocycles. The highest BCUT2D eigenvalue weighted by Crippen LogP contribution is 2.39. The molecule has 1 aromatic rings. The lowest BCUT2D eigenvalue weighted by Crippen LogP contribution is -2.10. The van der Waals surface area contributed by atoms with Crippen molar-refractivity contribution in [2.24, 2.45) is 5.41 Å². The van der Waals surface area contributed by atoms with Crippen LogP contribution in [0.5, 0.6) is 0 Å². The third-order valence-corrected chi connectivity index (χ3v) is 4.03. The Bertz CT molecular complexity index is 521. The molecular weight excluding hydrogens is 242 g/mol. The standard InChI is InChI=1S/C15H21NO3/c1-10-7-12-8-15(3,4)9-14(12)11(2)13(10)5-6-19-16(17)18/h7H,5-6,8-9H2,1-4H3. The second-order valence-electron chi connectivity index (χ2n) is 6.26. The number of benzene rings is 1. The molecule has 0 bridgehead atoms. The van der Waals surface area contributed by atoms with Crippen molar-refractivity contribution in [1.82, 2.24) is 0 Å². The van der Waals surface area contributed by atoms with E-state index < -0.39 is 5.09 Å². The smallest absolute Gasteiger partial charge is 0.294 e. The first-order valence-corrected chi connectivity index (χ1v) is 6.68. The van der Waals surface area contributed by atoms with Gasteiger partial charge in [0.05, 0.1) is 0 Å². The van der Waals surface area contributed by atoms with Gasteiger partial charge in [-0.25, -0.2) is 0 Å². The van der Waals surface area contributed by atoms with Crippen molar-refractivity contribution < 1.29 is 9.92 Å². The average molecular weight is 263 g/mol. The van der Waals surface area contributed by atoms with Gasteiger partial charge in [0, 0.05) is 0 Å². The Morgan fingerprint density at radius 2 is 2.05 bits per heavy atom. The number of hydrogen-bond donors (Lipinski definition) is 0. The molecule has 0 amide bonds.